The molecular formula is C14H16ClFN2. The molecule has 0 aliphatic rings. The van der Waals surface area contributed by atoms with Gasteiger partial charge in [0.25, 0.3) is 0 Å². The topological polar surface area (TPSA) is 17.8 Å². The van der Waals surface area contributed by atoms with Crippen molar-refractivity contribution >= 4 is 11.6 Å². The van der Waals surface area contributed by atoms with Gasteiger partial charge in [0.15, 0.2) is 0 Å². The van der Waals surface area contributed by atoms with Gasteiger partial charge in [0.05, 0.1) is 5.69 Å². The van der Waals surface area contributed by atoms with E-state index in [0.717, 1.165) is 11.4 Å². The third-order valence-corrected chi connectivity index (χ3v) is 3.46. The molecule has 0 N–H and O–H groups in total. The van der Waals surface area contributed by atoms with E-state index in [1.54, 1.807) is 12.1 Å². The summed E-state index contributed by atoms with van der Waals surface area (Å²) in [7, 11) is 1.90. The van der Waals surface area contributed by atoms with Crippen LogP contribution in [-0.4, -0.2) is 15.7 Å². The molecule has 96 valence electrons. The normalized spacial score (nSPS) is 12.7. The lowest BCUT2D eigenvalue weighted by atomic mass is 9.95. The van der Waals surface area contributed by atoms with Gasteiger partial charge < -0.3 is 0 Å². The van der Waals surface area contributed by atoms with Gasteiger partial charge in [-0.1, -0.05) is 18.2 Å². The molecule has 0 saturated carbocycles. The minimum absolute atomic E-state index is 0.0253. The molecule has 0 aliphatic carbocycles. The monoisotopic (exact) mass is 266 g/mol. The number of nitrogens with zero attached hydrogens (tertiary/aromatic N) is 2. The lowest BCUT2D eigenvalue weighted by Crippen LogP contribution is -2.10. The predicted molar refractivity (Wildman–Crippen MR) is 71.5 cm³/mol. The zero-order chi connectivity index (χ0) is 13.1. The van der Waals surface area contributed by atoms with Crippen molar-refractivity contribution in [3.8, 4) is 0 Å². The highest BCUT2D eigenvalue weighted by Gasteiger charge is 2.17. The number of rotatable bonds is 4. The Labute approximate surface area is 111 Å². The molecule has 0 amide bonds. The van der Waals surface area contributed by atoms with Gasteiger partial charge in [-0.25, -0.2) is 4.39 Å². The van der Waals surface area contributed by atoms with E-state index >= 15 is 0 Å². The molecule has 0 spiro atoms. The van der Waals surface area contributed by atoms with E-state index in [2.05, 4.69) is 5.10 Å². The molecule has 2 nitrogen and oxygen atoms in total. The van der Waals surface area contributed by atoms with Crippen molar-refractivity contribution in [2.75, 3.05) is 5.88 Å². The molecule has 0 fully saturated rings. The van der Waals surface area contributed by atoms with Gasteiger partial charge in [-0.05, 0) is 31.0 Å². The molecule has 2 aromatic rings. The summed E-state index contributed by atoms with van der Waals surface area (Å²) in [6.07, 6.45) is 0.696. The molecule has 1 heterocycles. The van der Waals surface area contributed by atoms with Crippen LogP contribution in [0.15, 0.2) is 30.3 Å². The Hall–Kier alpha value is -1.35. The number of hydrogen-bond acceptors (Lipinski definition) is 1. The first kappa shape index (κ1) is 13.1. The van der Waals surface area contributed by atoms with Crippen LogP contribution < -0.4 is 0 Å². The van der Waals surface area contributed by atoms with Crippen molar-refractivity contribution in [2.45, 2.75) is 19.3 Å². The molecule has 1 aromatic carbocycles. The zero-order valence-corrected chi connectivity index (χ0v) is 11.3. The molecule has 0 aliphatic heterocycles. The highest BCUT2D eigenvalue weighted by atomic mass is 35.5. The Morgan fingerprint density at radius 3 is 2.67 bits per heavy atom. The zero-order valence-electron chi connectivity index (χ0n) is 10.5. The SMILES string of the molecule is Cc1cc(CC(CCl)c2ccccc2F)n(C)n1. The molecule has 18 heavy (non-hydrogen) atoms. The number of halogens is 2. The molecule has 0 saturated heterocycles. The second kappa shape index (κ2) is 5.53. The molecule has 0 radical (unpaired) electrons. The smallest absolute Gasteiger partial charge is 0.126 e. The van der Waals surface area contributed by atoms with Crippen LogP contribution in [0.5, 0.6) is 0 Å². The van der Waals surface area contributed by atoms with Gasteiger partial charge in [0.2, 0.25) is 0 Å². The first-order valence-electron chi connectivity index (χ1n) is 5.91. The van der Waals surface area contributed by atoms with E-state index in [1.807, 2.05) is 30.8 Å². The van der Waals surface area contributed by atoms with Gasteiger partial charge in [0, 0.05) is 24.5 Å². The summed E-state index contributed by atoms with van der Waals surface area (Å²) < 4.78 is 15.6. The number of alkyl halides is 1. The summed E-state index contributed by atoms with van der Waals surface area (Å²) in [5, 5.41) is 4.29. The fourth-order valence-electron chi connectivity index (χ4n) is 2.16. The predicted octanol–water partition coefficient (Wildman–Crippen LogP) is 3.43. The van der Waals surface area contributed by atoms with E-state index < -0.39 is 0 Å². The van der Waals surface area contributed by atoms with Gasteiger partial charge in [-0.3, -0.25) is 4.68 Å². The van der Waals surface area contributed by atoms with Crippen molar-refractivity contribution in [3.63, 3.8) is 0 Å². The van der Waals surface area contributed by atoms with E-state index in [-0.39, 0.29) is 11.7 Å². The summed E-state index contributed by atoms with van der Waals surface area (Å²) in [5.74, 6) is 0.176. The highest BCUT2D eigenvalue weighted by Crippen LogP contribution is 2.24. The van der Waals surface area contributed by atoms with Crippen LogP contribution >= 0.6 is 11.6 Å². The molecule has 1 unspecified atom stereocenters. The number of aryl methyl sites for hydroxylation is 2. The van der Waals surface area contributed by atoms with E-state index in [1.165, 1.54) is 6.07 Å². The second-order valence-electron chi connectivity index (χ2n) is 4.48. The number of hydrogen-bond donors (Lipinski definition) is 0. The Morgan fingerprint density at radius 1 is 1.39 bits per heavy atom. The molecular weight excluding hydrogens is 251 g/mol. The van der Waals surface area contributed by atoms with Crippen molar-refractivity contribution in [3.05, 3.63) is 53.1 Å². The van der Waals surface area contributed by atoms with Gasteiger partial charge in [-0.2, -0.15) is 5.10 Å². The van der Waals surface area contributed by atoms with Crippen LogP contribution in [0.25, 0.3) is 0 Å². The fourth-order valence-corrected chi connectivity index (χ4v) is 2.44. The first-order valence-corrected chi connectivity index (χ1v) is 6.45. The quantitative estimate of drug-likeness (QED) is 0.776. The Morgan fingerprint density at radius 2 is 2.11 bits per heavy atom. The van der Waals surface area contributed by atoms with Gasteiger partial charge >= 0.3 is 0 Å². The number of benzene rings is 1. The molecule has 0 bridgehead atoms. The molecule has 4 heteroatoms. The maximum atomic E-state index is 13.8. The largest absolute Gasteiger partial charge is 0.272 e. The maximum absolute atomic E-state index is 13.8. The minimum atomic E-state index is -0.193. The summed E-state index contributed by atoms with van der Waals surface area (Å²) >= 11 is 5.99. The van der Waals surface area contributed by atoms with Crippen molar-refractivity contribution < 1.29 is 4.39 Å². The summed E-state index contributed by atoms with van der Waals surface area (Å²) in [6.45, 7) is 1.95. The lowest BCUT2D eigenvalue weighted by molar-refractivity contribution is 0.579. The fraction of sp³-hybridized carbons (Fsp3) is 0.357. The summed E-state index contributed by atoms with van der Waals surface area (Å²) in [5.41, 5.74) is 2.71. The van der Waals surface area contributed by atoms with Gasteiger partial charge in [-0.15, -0.1) is 11.6 Å². The molecule has 1 aromatic heterocycles. The first-order chi connectivity index (χ1) is 8.61. The Kier molecular flexibility index (Phi) is 4.02. The van der Waals surface area contributed by atoms with Crippen LogP contribution in [0.1, 0.15) is 22.9 Å². The van der Waals surface area contributed by atoms with Crippen LogP contribution in [-0.2, 0) is 13.5 Å². The Balaban J connectivity index is 2.25. The van der Waals surface area contributed by atoms with Crippen molar-refractivity contribution in [1.82, 2.24) is 9.78 Å². The third kappa shape index (κ3) is 2.72. The van der Waals surface area contributed by atoms with Crippen LogP contribution in [0.4, 0.5) is 4.39 Å². The minimum Gasteiger partial charge on any atom is -0.272 e. The average molecular weight is 267 g/mol. The highest BCUT2D eigenvalue weighted by molar-refractivity contribution is 6.18. The second-order valence-corrected chi connectivity index (χ2v) is 4.79. The average Bonchev–Trinajstić information content (AvgIpc) is 2.66. The van der Waals surface area contributed by atoms with Crippen molar-refractivity contribution in [1.29, 1.82) is 0 Å². The Bertz CT molecular complexity index is 536. The summed E-state index contributed by atoms with van der Waals surface area (Å²) in [4.78, 5) is 0. The van der Waals surface area contributed by atoms with Crippen LogP contribution in [0.3, 0.4) is 0 Å². The standard InChI is InChI=1S/C14H16ClFN2/c1-10-7-12(18(2)17-10)8-11(9-15)13-5-3-4-6-14(13)16/h3-7,11H,8-9H2,1-2H3. The molecule has 2 rings (SSSR count). The van der Waals surface area contributed by atoms with E-state index in [0.29, 0.717) is 17.9 Å². The summed E-state index contributed by atoms with van der Waals surface area (Å²) in [6, 6.07) is 8.82. The number of aromatic nitrogens is 2. The lowest BCUT2D eigenvalue weighted by Gasteiger charge is -2.15. The van der Waals surface area contributed by atoms with Gasteiger partial charge in [0.1, 0.15) is 5.82 Å². The molecule has 1 atom stereocenters. The van der Waals surface area contributed by atoms with E-state index in [9.17, 15) is 4.39 Å². The van der Waals surface area contributed by atoms with Crippen LogP contribution in [0, 0.1) is 12.7 Å². The maximum Gasteiger partial charge on any atom is 0.126 e. The van der Waals surface area contributed by atoms with Crippen molar-refractivity contribution in [2.24, 2.45) is 7.05 Å². The third-order valence-electron chi connectivity index (χ3n) is 3.09. The van der Waals surface area contributed by atoms with Crippen LogP contribution in [0.2, 0.25) is 0 Å². The van der Waals surface area contributed by atoms with E-state index in [4.69, 9.17) is 11.6 Å².